The maximum atomic E-state index is 12.8. The third kappa shape index (κ3) is 9.25. The van der Waals surface area contributed by atoms with Gasteiger partial charge in [-0.25, -0.2) is 0 Å². The first-order valence-electron chi connectivity index (χ1n) is 10.8. The van der Waals surface area contributed by atoms with E-state index in [1.165, 1.54) is 19.1 Å². The van der Waals surface area contributed by atoms with Crippen molar-refractivity contribution in [2.75, 3.05) is 6.61 Å². The molecule has 1 saturated heterocycles. The third-order valence-corrected chi connectivity index (χ3v) is 5.27. The van der Waals surface area contributed by atoms with Gasteiger partial charge >= 0.3 is 23.9 Å². The number of halogens is 2. The van der Waals surface area contributed by atoms with Gasteiger partial charge in [0.15, 0.2) is 24.1 Å². The molecule has 0 N–H and O–H groups in total. The van der Waals surface area contributed by atoms with E-state index in [9.17, 15) is 24.0 Å². The highest BCUT2D eigenvalue weighted by Gasteiger charge is 2.52. The Hall–Kier alpha value is -2.95. The molecule has 10 nitrogen and oxygen atoms in total. The summed E-state index contributed by atoms with van der Waals surface area (Å²) in [7, 11) is 0. The molecule has 1 aromatic carbocycles. The van der Waals surface area contributed by atoms with Crippen LogP contribution in [0.3, 0.4) is 0 Å². The number of hydrogen-bond acceptors (Lipinski definition) is 10. The van der Waals surface area contributed by atoms with E-state index in [0.29, 0.717) is 15.6 Å². The lowest BCUT2D eigenvalue weighted by Gasteiger charge is -2.44. The predicted octanol–water partition coefficient (Wildman–Crippen LogP) is 3.09. The summed E-state index contributed by atoms with van der Waals surface area (Å²) in [6.45, 7) is 4.16. The highest BCUT2D eigenvalue weighted by molar-refractivity contribution is 6.34. The van der Waals surface area contributed by atoms with Crippen molar-refractivity contribution in [2.24, 2.45) is 0 Å². The van der Waals surface area contributed by atoms with Crippen LogP contribution >= 0.6 is 23.2 Å². The summed E-state index contributed by atoms with van der Waals surface area (Å²) in [6.07, 6.45) is -3.75. The Bertz CT molecular complexity index is 1020. The summed E-state index contributed by atoms with van der Waals surface area (Å²) in [5.41, 5.74) is 0.572. The lowest BCUT2D eigenvalue weighted by atomic mass is 9.91. The van der Waals surface area contributed by atoms with Gasteiger partial charge in [-0.05, 0) is 29.8 Å². The summed E-state index contributed by atoms with van der Waals surface area (Å²) >= 11 is 12.0. The average molecular weight is 545 g/mol. The SMILES string of the molecule is CC(=O)OC[C@H]1O[C@@H](CC(=O)/C=C/c2cc(Cl)cc(Cl)c2)[C@H](OC(C)=O)[C@@H](OC(C)=O)[C@@H]1OC(C)=O. The van der Waals surface area contributed by atoms with Crippen LogP contribution in [0.5, 0.6) is 0 Å². The molecule has 0 radical (unpaired) electrons. The summed E-state index contributed by atoms with van der Waals surface area (Å²) in [5.74, 6) is -3.32. The van der Waals surface area contributed by atoms with Gasteiger partial charge in [-0.2, -0.15) is 0 Å². The van der Waals surface area contributed by atoms with Gasteiger partial charge in [-0.1, -0.05) is 29.3 Å². The molecule has 1 aliphatic rings. The number of hydrogen-bond donors (Lipinski definition) is 0. The number of allylic oxidation sites excluding steroid dienone is 1. The molecule has 36 heavy (non-hydrogen) atoms. The van der Waals surface area contributed by atoms with Gasteiger partial charge in [0.25, 0.3) is 0 Å². The van der Waals surface area contributed by atoms with E-state index >= 15 is 0 Å². The van der Waals surface area contributed by atoms with Crippen LogP contribution in [0.4, 0.5) is 0 Å². The number of carbonyl (C=O) groups excluding carboxylic acids is 5. The van der Waals surface area contributed by atoms with E-state index in [-0.39, 0.29) is 13.0 Å². The monoisotopic (exact) mass is 544 g/mol. The molecule has 0 saturated carbocycles. The maximum absolute atomic E-state index is 12.8. The number of ketones is 1. The molecule has 1 aromatic rings. The highest BCUT2D eigenvalue weighted by Crippen LogP contribution is 2.31. The van der Waals surface area contributed by atoms with Crippen molar-refractivity contribution in [1.29, 1.82) is 0 Å². The van der Waals surface area contributed by atoms with Crippen LogP contribution in [0.2, 0.25) is 10.0 Å². The van der Waals surface area contributed by atoms with Gasteiger partial charge in [0.2, 0.25) is 0 Å². The first-order chi connectivity index (χ1) is 16.8. The van der Waals surface area contributed by atoms with Crippen molar-refractivity contribution in [3.63, 3.8) is 0 Å². The fourth-order valence-electron chi connectivity index (χ4n) is 3.61. The second-order valence-electron chi connectivity index (χ2n) is 7.94. The normalized spacial score (nSPS) is 23.6. The molecule has 1 fully saturated rings. The standard InChI is InChI=1S/C24H26Cl2O10/c1-12(27)32-11-21-23(34-14(3)29)24(35-15(4)30)22(33-13(2)28)20(36-21)10-19(31)6-5-16-7-17(25)9-18(26)8-16/h5-9,20-24H,10-11H2,1-4H3/b6-5+/t20-,21+,22-,23+,24+/m0/s1. The largest absolute Gasteiger partial charge is 0.463 e. The lowest BCUT2D eigenvalue weighted by molar-refractivity contribution is -0.252. The Labute approximate surface area is 217 Å². The molecule has 0 amide bonds. The summed E-state index contributed by atoms with van der Waals surface area (Å²) in [5, 5.41) is 0.767. The molecular formula is C24H26Cl2O10. The topological polar surface area (TPSA) is 132 Å². The van der Waals surface area contributed by atoms with E-state index in [1.807, 2.05) is 0 Å². The quantitative estimate of drug-likeness (QED) is 0.259. The smallest absolute Gasteiger partial charge is 0.303 e. The molecule has 0 spiro atoms. The van der Waals surface area contributed by atoms with E-state index in [4.69, 9.17) is 46.9 Å². The van der Waals surface area contributed by atoms with Crippen LogP contribution in [0.15, 0.2) is 24.3 Å². The maximum Gasteiger partial charge on any atom is 0.303 e. The Morgan fingerprint density at radius 2 is 1.28 bits per heavy atom. The number of rotatable bonds is 9. The van der Waals surface area contributed by atoms with E-state index in [0.717, 1.165) is 20.8 Å². The van der Waals surface area contributed by atoms with E-state index in [1.54, 1.807) is 18.2 Å². The number of esters is 4. The summed E-state index contributed by atoms with van der Waals surface area (Å²) < 4.78 is 26.9. The van der Waals surface area contributed by atoms with Crippen LogP contribution < -0.4 is 0 Å². The fraction of sp³-hybridized carbons (Fsp3) is 0.458. The van der Waals surface area contributed by atoms with Gasteiger partial charge < -0.3 is 23.7 Å². The van der Waals surface area contributed by atoms with Crippen molar-refractivity contribution in [1.82, 2.24) is 0 Å². The molecule has 1 aliphatic heterocycles. The number of benzene rings is 1. The average Bonchev–Trinajstić information content (AvgIpc) is 2.73. The molecular weight excluding hydrogens is 519 g/mol. The van der Waals surface area contributed by atoms with Crippen LogP contribution in [0.25, 0.3) is 6.08 Å². The van der Waals surface area contributed by atoms with Gasteiger partial charge in [-0.15, -0.1) is 0 Å². The lowest BCUT2D eigenvalue weighted by Crippen LogP contribution is -2.62. The van der Waals surface area contributed by atoms with Crippen molar-refractivity contribution in [3.8, 4) is 0 Å². The third-order valence-electron chi connectivity index (χ3n) is 4.84. The summed E-state index contributed by atoms with van der Waals surface area (Å²) in [6, 6.07) is 4.75. The highest BCUT2D eigenvalue weighted by atomic mass is 35.5. The van der Waals surface area contributed by atoms with Crippen molar-refractivity contribution >= 4 is 58.9 Å². The number of carbonyl (C=O) groups is 5. The Morgan fingerprint density at radius 3 is 1.78 bits per heavy atom. The predicted molar refractivity (Wildman–Crippen MR) is 127 cm³/mol. The van der Waals surface area contributed by atoms with Crippen LogP contribution in [-0.4, -0.2) is 66.8 Å². The second kappa shape index (κ2) is 13.4. The Kier molecular flexibility index (Phi) is 10.9. The minimum Gasteiger partial charge on any atom is -0.463 e. The van der Waals surface area contributed by atoms with E-state index < -0.39 is 60.2 Å². The molecule has 196 valence electrons. The molecule has 2 rings (SSSR count). The minimum atomic E-state index is -1.34. The zero-order chi connectivity index (χ0) is 27.0. The minimum absolute atomic E-state index is 0.316. The molecule has 12 heteroatoms. The van der Waals surface area contributed by atoms with Crippen LogP contribution in [-0.2, 0) is 47.7 Å². The van der Waals surface area contributed by atoms with Crippen molar-refractivity contribution in [3.05, 3.63) is 39.9 Å². The van der Waals surface area contributed by atoms with Gasteiger partial charge in [-0.3, -0.25) is 24.0 Å². The van der Waals surface area contributed by atoms with Crippen molar-refractivity contribution < 1.29 is 47.7 Å². The first kappa shape index (κ1) is 29.3. The Balaban J connectivity index is 2.37. The zero-order valence-corrected chi connectivity index (χ0v) is 21.5. The Morgan fingerprint density at radius 1 is 0.778 bits per heavy atom. The van der Waals surface area contributed by atoms with Gasteiger partial charge in [0.05, 0.1) is 0 Å². The van der Waals surface area contributed by atoms with Crippen LogP contribution in [0.1, 0.15) is 39.7 Å². The molecule has 5 atom stereocenters. The summed E-state index contributed by atoms with van der Waals surface area (Å²) in [4.78, 5) is 59.7. The fourth-order valence-corrected chi connectivity index (χ4v) is 4.15. The number of ether oxygens (including phenoxy) is 5. The molecule has 0 aromatic heterocycles. The van der Waals surface area contributed by atoms with Crippen molar-refractivity contribution in [2.45, 2.75) is 64.6 Å². The zero-order valence-electron chi connectivity index (χ0n) is 20.0. The van der Waals surface area contributed by atoms with E-state index in [2.05, 4.69) is 0 Å². The first-order valence-corrected chi connectivity index (χ1v) is 11.6. The molecule has 0 aliphatic carbocycles. The van der Waals surface area contributed by atoms with Crippen LogP contribution in [0, 0.1) is 0 Å². The van der Waals surface area contributed by atoms with Gasteiger partial charge in [0, 0.05) is 44.2 Å². The second-order valence-corrected chi connectivity index (χ2v) is 8.82. The van der Waals surface area contributed by atoms with Gasteiger partial charge in [0.1, 0.15) is 18.8 Å². The molecule has 1 heterocycles. The molecule has 0 unspecified atom stereocenters. The molecule has 0 bridgehead atoms.